The molecule has 150 valence electrons. The molecule has 0 aromatic heterocycles. The molecular formula is C23H29ClN2O2. The van der Waals surface area contributed by atoms with Crippen molar-refractivity contribution in [1.82, 2.24) is 10.2 Å². The average molecular weight is 401 g/mol. The molecule has 2 amide bonds. The molecule has 4 nitrogen and oxygen atoms in total. The number of hydrogen-bond acceptors (Lipinski definition) is 2. The minimum atomic E-state index is -0.591. The molecule has 0 heterocycles. The first kappa shape index (κ1) is 22.0. The Balaban J connectivity index is 2.26. The summed E-state index contributed by atoms with van der Waals surface area (Å²) in [5.41, 5.74) is 2.58. The smallest absolute Gasteiger partial charge is 0.242 e. The van der Waals surface area contributed by atoms with Crippen molar-refractivity contribution in [2.24, 2.45) is 0 Å². The summed E-state index contributed by atoms with van der Waals surface area (Å²) in [6, 6.07) is 14.6. The summed E-state index contributed by atoms with van der Waals surface area (Å²) in [5, 5.41) is 3.56. The van der Waals surface area contributed by atoms with Gasteiger partial charge in [0, 0.05) is 17.1 Å². The summed E-state index contributed by atoms with van der Waals surface area (Å²) in [6.07, 6.45) is 0.194. The highest BCUT2D eigenvalue weighted by Gasteiger charge is 2.28. The van der Waals surface area contributed by atoms with Crippen LogP contribution in [0.25, 0.3) is 0 Å². The van der Waals surface area contributed by atoms with Gasteiger partial charge in [-0.2, -0.15) is 0 Å². The molecule has 1 atom stereocenters. The van der Waals surface area contributed by atoms with Gasteiger partial charge in [0.25, 0.3) is 0 Å². The second-order valence-corrected chi connectivity index (χ2v) is 8.67. The van der Waals surface area contributed by atoms with Gasteiger partial charge in [0.15, 0.2) is 0 Å². The van der Waals surface area contributed by atoms with Gasteiger partial charge in [-0.25, -0.2) is 0 Å². The number of carbonyl (C=O) groups excluding carboxylic acids is 2. The van der Waals surface area contributed by atoms with Crippen LogP contribution in [0, 0.1) is 6.92 Å². The van der Waals surface area contributed by atoms with Gasteiger partial charge in [-0.1, -0.05) is 53.6 Å². The Labute approximate surface area is 172 Å². The SMILES string of the molecule is Cc1cccc(CN(C(=O)Cc2cccc(Cl)c2)C(C)C(=O)NC(C)(C)C)c1. The van der Waals surface area contributed by atoms with Crippen LogP contribution >= 0.6 is 11.6 Å². The van der Waals surface area contributed by atoms with Crippen LogP contribution < -0.4 is 5.32 Å². The molecule has 0 saturated heterocycles. The van der Waals surface area contributed by atoms with Crippen molar-refractivity contribution in [3.63, 3.8) is 0 Å². The van der Waals surface area contributed by atoms with E-state index < -0.39 is 6.04 Å². The summed E-state index contributed by atoms with van der Waals surface area (Å²) in [5.74, 6) is -0.278. The van der Waals surface area contributed by atoms with Gasteiger partial charge in [0.2, 0.25) is 11.8 Å². The van der Waals surface area contributed by atoms with Gasteiger partial charge in [0.05, 0.1) is 6.42 Å². The van der Waals surface area contributed by atoms with E-state index in [1.807, 2.05) is 64.1 Å². The third-order valence-corrected chi connectivity index (χ3v) is 4.58. The third kappa shape index (κ3) is 6.68. The van der Waals surface area contributed by atoms with Crippen LogP contribution in [-0.4, -0.2) is 28.3 Å². The number of carbonyl (C=O) groups is 2. The van der Waals surface area contributed by atoms with Crippen LogP contribution in [0.2, 0.25) is 5.02 Å². The molecule has 0 spiro atoms. The van der Waals surface area contributed by atoms with Crippen LogP contribution in [0.5, 0.6) is 0 Å². The van der Waals surface area contributed by atoms with Gasteiger partial charge in [-0.3, -0.25) is 9.59 Å². The largest absolute Gasteiger partial charge is 0.350 e. The molecule has 5 heteroatoms. The molecular weight excluding hydrogens is 372 g/mol. The van der Waals surface area contributed by atoms with Crippen molar-refractivity contribution in [2.75, 3.05) is 0 Å². The lowest BCUT2D eigenvalue weighted by atomic mass is 10.1. The van der Waals surface area contributed by atoms with Gasteiger partial charge in [0.1, 0.15) is 6.04 Å². The fourth-order valence-corrected chi connectivity index (χ4v) is 3.20. The topological polar surface area (TPSA) is 49.4 Å². The Kier molecular flexibility index (Phi) is 7.25. The number of aryl methyl sites for hydroxylation is 1. The Morgan fingerprint density at radius 3 is 2.32 bits per heavy atom. The molecule has 0 fully saturated rings. The highest BCUT2D eigenvalue weighted by atomic mass is 35.5. The highest BCUT2D eigenvalue weighted by Crippen LogP contribution is 2.16. The molecule has 1 unspecified atom stereocenters. The minimum Gasteiger partial charge on any atom is -0.350 e. The number of hydrogen-bond donors (Lipinski definition) is 1. The molecule has 0 saturated carbocycles. The van der Waals surface area contributed by atoms with Crippen molar-refractivity contribution in [3.05, 3.63) is 70.2 Å². The maximum Gasteiger partial charge on any atom is 0.242 e. The first-order valence-electron chi connectivity index (χ1n) is 9.46. The highest BCUT2D eigenvalue weighted by molar-refractivity contribution is 6.30. The average Bonchev–Trinajstić information content (AvgIpc) is 2.57. The molecule has 0 bridgehead atoms. The number of amides is 2. The summed E-state index contributed by atoms with van der Waals surface area (Å²) < 4.78 is 0. The Bertz CT molecular complexity index is 842. The molecule has 2 aromatic rings. The van der Waals surface area contributed by atoms with Crippen molar-refractivity contribution in [1.29, 1.82) is 0 Å². The Hall–Kier alpha value is -2.33. The number of halogens is 1. The van der Waals surface area contributed by atoms with Crippen LogP contribution in [0.1, 0.15) is 44.4 Å². The first-order valence-corrected chi connectivity index (χ1v) is 9.84. The number of benzene rings is 2. The van der Waals surface area contributed by atoms with E-state index in [-0.39, 0.29) is 23.8 Å². The molecule has 0 aliphatic carbocycles. The summed E-state index contributed by atoms with van der Waals surface area (Å²) in [7, 11) is 0. The summed E-state index contributed by atoms with van der Waals surface area (Å²) in [6.45, 7) is 9.94. The lowest BCUT2D eigenvalue weighted by molar-refractivity contribution is -0.140. The second-order valence-electron chi connectivity index (χ2n) is 8.23. The molecule has 1 N–H and O–H groups in total. The van der Waals surface area contributed by atoms with E-state index in [1.54, 1.807) is 24.0 Å². The van der Waals surface area contributed by atoms with Crippen molar-refractivity contribution < 1.29 is 9.59 Å². The number of nitrogens with one attached hydrogen (secondary N) is 1. The zero-order valence-electron chi connectivity index (χ0n) is 17.3. The molecule has 0 aliphatic rings. The van der Waals surface area contributed by atoms with Crippen molar-refractivity contribution in [2.45, 2.75) is 59.2 Å². The van der Waals surface area contributed by atoms with Crippen LogP contribution in [-0.2, 0) is 22.6 Å². The summed E-state index contributed by atoms with van der Waals surface area (Å²) in [4.78, 5) is 27.5. The number of nitrogens with zero attached hydrogens (tertiary/aromatic N) is 1. The lowest BCUT2D eigenvalue weighted by Crippen LogP contribution is -2.52. The molecule has 0 aliphatic heterocycles. The van der Waals surface area contributed by atoms with Crippen molar-refractivity contribution in [3.8, 4) is 0 Å². The summed E-state index contributed by atoms with van der Waals surface area (Å²) >= 11 is 6.05. The third-order valence-electron chi connectivity index (χ3n) is 4.35. The first-order chi connectivity index (χ1) is 13.0. The van der Waals surface area contributed by atoms with E-state index in [2.05, 4.69) is 5.32 Å². The van der Waals surface area contributed by atoms with E-state index in [0.717, 1.165) is 16.7 Å². The van der Waals surface area contributed by atoms with E-state index in [0.29, 0.717) is 11.6 Å². The Morgan fingerprint density at radius 2 is 1.71 bits per heavy atom. The van der Waals surface area contributed by atoms with E-state index >= 15 is 0 Å². The van der Waals surface area contributed by atoms with Crippen LogP contribution in [0.3, 0.4) is 0 Å². The van der Waals surface area contributed by atoms with Crippen LogP contribution in [0.15, 0.2) is 48.5 Å². The van der Waals surface area contributed by atoms with Crippen molar-refractivity contribution >= 4 is 23.4 Å². The predicted molar refractivity (Wildman–Crippen MR) is 114 cm³/mol. The quantitative estimate of drug-likeness (QED) is 0.774. The van der Waals surface area contributed by atoms with Gasteiger partial charge in [-0.15, -0.1) is 0 Å². The zero-order chi connectivity index (χ0) is 20.9. The lowest BCUT2D eigenvalue weighted by Gasteiger charge is -2.31. The predicted octanol–water partition coefficient (Wildman–Crippen LogP) is 4.52. The molecule has 28 heavy (non-hydrogen) atoms. The van der Waals surface area contributed by atoms with Crippen LogP contribution in [0.4, 0.5) is 0 Å². The second kappa shape index (κ2) is 9.24. The maximum absolute atomic E-state index is 13.1. The number of rotatable bonds is 6. The van der Waals surface area contributed by atoms with Gasteiger partial charge in [-0.05, 0) is 57.9 Å². The van der Waals surface area contributed by atoms with Gasteiger partial charge < -0.3 is 10.2 Å². The molecule has 2 aromatic carbocycles. The normalized spacial score (nSPS) is 12.4. The van der Waals surface area contributed by atoms with E-state index in [1.165, 1.54) is 0 Å². The maximum atomic E-state index is 13.1. The van der Waals surface area contributed by atoms with E-state index in [9.17, 15) is 9.59 Å². The molecule has 2 rings (SSSR count). The minimum absolute atomic E-state index is 0.111. The van der Waals surface area contributed by atoms with E-state index in [4.69, 9.17) is 11.6 Å². The zero-order valence-corrected chi connectivity index (χ0v) is 18.0. The molecule has 0 radical (unpaired) electrons. The standard InChI is InChI=1S/C23H29ClN2O2/c1-16-8-6-10-19(12-16)15-26(17(2)22(28)25-23(3,4)5)21(27)14-18-9-7-11-20(24)13-18/h6-13,17H,14-15H2,1-5H3,(H,25,28). The fourth-order valence-electron chi connectivity index (χ4n) is 2.99. The monoisotopic (exact) mass is 400 g/mol. The fraction of sp³-hybridized carbons (Fsp3) is 0.391. The Morgan fingerprint density at radius 1 is 1.07 bits per heavy atom. The van der Waals surface area contributed by atoms with Gasteiger partial charge >= 0.3 is 0 Å².